The fraction of sp³-hybridized carbons (Fsp3) is 0.471. The van der Waals surface area contributed by atoms with Gasteiger partial charge >= 0.3 is 12.1 Å². The minimum absolute atomic E-state index is 0.0530. The van der Waals surface area contributed by atoms with Crippen molar-refractivity contribution in [2.45, 2.75) is 41.5 Å². The highest BCUT2D eigenvalue weighted by atomic mass is 32.3. The molecule has 2 aliphatic rings. The summed E-state index contributed by atoms with van der Waals surface area (Å²) in [5, 5.41) is 25.7. The normalized spacial score (nSPS) is 25.7. The molecule has 1 aliphatic heterocycles. The van der Waals surface area contributed by atoms with Crippen LogP contribution >= 0.6 is 11.8 Å². The van der Waals surface area contributed by atoms with Gasteiger partial charge < -0.3 is 19.3 Å². The van der Waals surface area contributed by atoms with Crippen molar-refractivity contribution in [1.29, 1.82) is 0 Å². The number of thioether (sulfide) groups is 1. The van der Waals surface area contributed by atoms with Crippen LogP contribution in [0.2, 0.25) is 0 Å². The van der Waals surface area contributed by atoms with Crippen LogP contribution < -0.4 is 4.72 Å². The predicted octanol–water partition coefficient (Wildman–Crippen LogP) is 1.95. The first kappa shape index (κ1) is 22.8. The zero-order chi connectivity index (χ0) is 23.3. The molecule has 0 bridgehead atoms. The van der Waals surface area contributed by atoms with Gasteiger partial charge in [-0.25, -0.2) is 8.42 Å². The Morgan fingerprint density at radius 3 is 2.69 bits per heavy atom. The second-order valence-electron chi connectivity index (χ2n) is 7.30. The first-order valence-corrected chi connectivity index (χ1v) is 11.6. The van der Waals surface area contributed by atoms with Crippen LogP contribution in [0.25, 0.3) is 4.91 Å². The molecule has 10 nitrogen and oxygen atoms in total. The van der Waals surface area contributed by atoms with E-state index in [0.29, 0.717) is 11.8 Å². The minimum Gasteiger partial charge on any atom is -0.480 e. The number of sulfonamides is 1. The van der Waals surface area contributed by atoms with Gasteiger partial charge in [-0.2, -0.15) is 17.9 Å². The molecular formula is C17H16F3N3O7S2. The smallest absolute Gasteiger partial charge is 0.452 e. The molecule has 15 heteroatoms. The van der Waals surface area contributed by atoms with E-state index in [4.69, 9.17) is 9.63 Å². The van der Waals surface area contributed by atoms with Gasteiger partial charge in [0.25, 0.3) is 0 Å². The van der Waals surface area contributed by atoms with Gasteiger partial charge in [0, 0.05) is 29.4 Å². The van der Waals surface area contributed by atoms with Crippen LogP contribution in [0, 0.1) is 0 Å². The summed E-state index contributed by atoms with van der Waals surface area (Å²) in [6.45, 7) is -0.194. The number of hydrogen-bond donors (Lipinski definition) is 3. The van der Waals surface area contributed by atoms with Crippen LogP contribution in [0.5, 0.6) is 0 Å². The number of carbonyl (C=O) groups is 1. The first-order valence-electron chi connectivity index (χ1n) is 9.20. The number of nitrogens with one attached hydrogen (secondary N) is 1. The number of hydrogen-bond acceptors (Lipinski definition) is 9. The molecule has 2 aromatic rings. The second-order valence-corrected chi connectivity index (χ2v) is 10.7. The molecule has 4 rings (SSSR count). The molecule has 3 N–H and O–H groups in total. The summed E-state index contributed by atoms with van der Waals surface area (Å²) in [4.78, 5) is 12.1. The Bertz CT molecular complexity index is 1170. The van der Waals surface area contributed by atoms with Gasteiger partial charge in [0.15, 0.2) is 0 Å². The van der Waals surface area contributed by atoms with Crippen LogP contribution in [-0.4, -0.2) is 51.6 Å². The van der Waals surface area contributed by atoms with E-state index in [-0.39, 0.29) is 42.2 Å². The van der Waals surface area contributed by atoms with E-state index < -0.39 is 44.0 Å². The predicted molar refractivity (Wildman–Crippen MR) is 103 cm³/mol. The maximum atomic E-state index is 12.9. The van der Waals surface area contributed by atoms with Crippen molar-refractivity contribution in [2.24, 2.45) is 0 Å². The summed E-state index contributed by atoms with van der Waals surface area (Å²) >= 11 is 0.749. The Hall–Kier alpha value is -2.36. The van der Waals surface area contributed by atoms with E-state index >= 15 is 0 Å². The van der Waals surface area contributed by atoms with Crippen molar-refractivity contribution in [3.8, 4) is 0 Å². The highest BCUT2D eigenvalue weighted by Crippen LogP contribution is 2.53. The summed E-state index contributed by atoms with van der Waals surface area (Å²) in [5.74, 6) is -3.13. The number of allylic oxidation sites excluding steroid dienone is 1. The number of aliphatic carboxylic acids is 1. The minimum atomic E-state index is -4.73. The summed E-state index contributed by atoms with van der Waals surface area (Å²) in [6, 6.07) is 2.14. The Balaban J connectivity index is 1.47. The van der Waals surface area contributed by atoms with Crippen molar-refractivity contribution in [3.63, 3.8) is 0 Å². The topological polar surface area (TPSA) is 156 Å². The summed E-state index contributed by atoms with van der Waals surface area (Å²) < 4.78 is 74.2. The second kappa shape index (κ2) is 7.90. The zero-order valence-corrected chi connectivity index (χ0v) is 17.6. The monoisotopic (exact) mass is 495 g/mol. The molecule has 2 aromatic heterocycles. The maximum Gasteiger partial charge on any atom is 0.452 e. The molecule has 3 heterocycles. The first-order chi connectivity index (χ1) is 15.0. The molecule has 1 aliphatic carbocycles. The summed E-state index contributed by atoms with van der Waals surface area (Å²) in [6.07, 6.45) is -3.26. The third-order valence-electron chi connectivity index (χ3n) is 5.10. The van der Waals surface area contributed by atoms with Crippen LogP contribution in [0.4, 0.5) is 13.2 Å². The zero-order valence-electron chi connectivity index (χ0n) is 16.0. The number of alkyl halides is 3. The van der Waals surface area contributed by atoms with E-state index in [1.807, 2.05) is 0 Å². The molecule has 32 heavy (non-hydrogen) atoms. The Kier molecular flexibility index (Phi) is 5.63. The number of aromatic nitrogens is 2. The fourth-order valence-corrected chi connectivity index (χ4v) is 6.52. The van der Waals surface area contributed by atoms with Crippen LogP contribution in [0.1, 0.15) is 41.7 Å². The average molecular weight is 495 g/mol. The summed E-state index contributed by atoms with van der Waals surface area (Å²) in [5.41, 5.74) is -1.72. The Morgan fingerprint density at radius 2 is 2.06 bits per heavy atom. The van der Waals surface area contributed by atoms with Gasteiger partial charge in [0.2, 0.25) is 15.8 Å². The summed E-state index contributed by atoms with van der Waals surface area (Å²) in [7, 11) is -4.21. The molecule has 3 unspecified atom stereocenters. The van der Waals surface area contributed by atoms with E-state index in [1.165, 1.54) is 12.1 Å². The molecule has 0 amide bonds. The Labute approximate surface area is 182 Å². The molecule has 0 radical (unpaired) electrons. The molecule has 1 fully saturated rings. The molecule has 0 saturated heterocycles. The number of halogens is 3. The SMILES string of the molecule is O=C(O)C1(NS(=O)(=O)C2CC=C(c3cc(C(F)(F)F)on3)S2)CC1c1cc(CCO)on1. The van der Waals surface area contributed by atoms with Crippen molar-refractivity contribution in [2.75, 3.05) is 6.61 Å². The maximum absolute atomic E-state index is 12.9. The molecule has 0 aromatic carbocycles. The lowest BCUT2D eigenvalue weighted by molar-refractivity contribution is -0.155. The highest BCUT2D eigenvalue weighted by Gasteiger charge is 2.65. The largest absolute Gasteiger partial charge is 0.480 e. The quantitative estimate of drug-likeness (QED) is 0.495. The number of carboxylic acids is 1. The third kappa shape index (κ3) is 4.16. The molecule has 3 atom stereocenters. The third-order valence-corrected chi connectivity index (χ3v) is 8.77. The van der Waals surface area contributed by atoms with E-state index in [2.05, 4.69) is 19.6 Å². The van der Waals surface area contributed by atoms with Crippen LogP contribution in [-0.2, 0) is 27.4 Å². The molecular weight excluding hydrogens is 479 g/mol. The van der Waals surface area contributed by atoms with Gasteiger partial charge in [-0.3, -0.25) is 4.79 Å². The number of rotatable bonds is 8. The van der Waals surface area contributed by atoms with Crippen LogP contribution in [0.3, 0.4) is 0 Å². The lowest BCUT2D eigenvalue weighted by Gasteiger charge is -2.18. The molecule has 174 valence electrons. The molecule has 1 saturated carbocycles. The van der Waals surface area contributed by atoms with Gasteiger partial charge in [0.05, 0.1) is 12.3 Å². The average Bonchev–Trinajstić information content (AvgIpc) is 3.18. The lowest BCUT2D eigenvalue weighted by atomic mass is 10.1. The van der Waals surface area contributed by atoms with Crippen LogP contribution in [0.15, 0.2) is 27.3 Å². The highest BCUT2D eigenvalue weighted by molar-refractivity contribution is 8.18. The molecule has 0 spiro atoms. The number of aliphatic hydroxyl groups excluding tert-OH is 1. The van der Waals surface area contributed by atoms with Gasteiger partial charge in [-0.1, -0.05) is 16.4 Å². The standard InChI is InChI=1S/C17H16F3N3O7S2/c18-17(19,20)13-6-11(22-30-13)12-1-2-14(31-12)32(27,28)23-16(15(25)26)7-9(16)10-5-8(3-4-24)29-21-10/h1,5-6,9,14,23-24H,2-4,7H2,(H,25,26). The van der Waals surface area contributed by atoms with Gasteiger partial charge in [0.1, 0.15) is 21.6 Å². The van der Waals surface area contributed by atoms with E-state index in [0.717, 1.165) is 11.8 Å². The van der Waals surface area contributed by atoms with E-state index in [9.17, 15) is 31.5 Å². The van der Waals surface area contributed by atoms with E-state index in [1.54, 1.807) is 0 Å². The number of nitrogens with zero attached hydrogens (tertiary/aromatic N) is 2. The Morgan fingerprint density at radius 1 is 1.31 bits per heavy atom. The lowest BCUT2D eigenvalue weighted by Crippen LogP contribution is -2.47. The fourth-order valence-electron chi connectivity index (χ4n) is 3.37. The number of carboxylic acid groups (broad SMARTS) is 1. The van der Waals surface area contributed by atoms with Gasteiger partial charge in [-0.05, 0) is 12.8 Å². The van der Waals surface area contributed by atoms with Crippen molar-refractivity contribution in [3.05, 3.63) is 41.1 Å². The van der Waals surface area contributed by atoms with Crippen molar-refractivity contribution >= 4 is 32.7 Å². The van der Waals surface area contributed by atoms with Gasteiger partial charge in [-0.15, -0.1) is 11.8 Å². The number of aliphatic hydroxyl groups is 1. The van der Waals surface area contributed by atoms with Crippen molar-refractivity contribution in [1.82, 2.24) is 15.0 Å². The van der Waals surface area contributed by atoms with Crippen molar-refractivity contribution < 1.29 is 45.6 Å².